The molecular weight excluding hydrogens is 234 g/mol. The first-order valence-corrected chi connectivity index (χ1v) is 5.68. The fraction of sp³-hybridized carbons (Fsp3) is 0.167. The molecule has 0 amide bonds. The van der Waals surface area contributed by atoms with E-state index in [0.717, 1.165) is 29.4 Å². The van der Waals surface area contributed by atoms with Crippen LogP contribution in [0.2, 0.25) is 0 Å². The van der Waals surface area contributed by atoms with Gasteiger partial charge in [0.25, 0.3) is 0 Å². The Labute approximate surface area is 104 Å². The van der Waals surface area contributed by atoms with E-state index < -0.39 is 0 Å². The molecule has 2 heterocycles. The van der Waals surface area contributed by atoms with Crippen molar-refractivity contribution in [3.05, 3.63) is 42.0 Å². The zero-order valence-electron chi connectivity index (χ0n) is 9.30. The second-order valence-electron chi connectivity index (χ2n) is 3.86. The summed E-state index contributed by atoms with van der Waals surface area (Å²) in [5, 5.41) is 3.21. The van der Waals surface area contributed by atoms with E-state index in [0.29, 0.717) is 4.99 Å². The first-order chi connectivity index (χ1) is 8.28. The molecule has 2 aromatic rings. The van der Waals surface area contributed by atoms with Gasteiger partial charge in [0.1, 0.15) is 10.7 Å². The molecule has 1 aromatic heterocycles. The normalized spacial score (nSPS) is 13.4. The van der Waals surface area contributed by atoms with Crippen molar-refractivity contribution in [2.24, 2.45) is 0 Å². The number of fused-ring (bicyclic) bond motifs is 2. The van der Waals surface area contributed by atoms with Crippen LogP contribution in [0.1, 0.15) is 11.4 Å². The molecule has 1 aromatic carbocycles. The van der Waals surface area contributed by atoms with E-state index in [4.69, 9.17) is 17.0 Å². The summed E-state index contributed by atoms with van der Waals surface area (Å²) in [6.07, 6.45) is 3.69. The molecule has 86 valence electrons. The van der Waals surface area contributed by atoms with Gasteiger partial charge >= 0.3 is 0 Å². The van der Waals surface area contributed by atoms with Crippen molar-refractivity contribution < 1.29 is 4.74 Å². The highest BCUT2D eigenvalue weighted by Gasteiger charge is 2.17. The van der Waals surface area contributed by atoms with Gasteiger partial charge in [-0.25, -0.2) is 4.98 Å². The zero-order valence-corrected chi connectivity index (χ0v) is 10.1. The van der Waals surface area contributed by atoms with Crippen LogP contribution in [0.4, 0.5) is 5.69 Å². The van der Waals surface area contributed by atoms with Gasteiger partial charge in [0.15, 0.2) is 5.82 Å². The number of nitrogens with zero attached hydrogens (tertiary/aromatic N) is 2. The summed E-state index contributed by atoms with van der Waals surface area (Å²) in [7, 11) is 1.67. The van der Waals surface area contributed by atoms with E-state index in [2.05, 4.69) is 10.3 Å². The summed E-state index contributed by atoms with van der Waals surface area (Å²) in [5.41, 5.74) is 2.16. The van der Waals surface area contributed by atoms with E-state index in [1.54, 1.807) is 13.3 Å². The number of benzene rings is 1. The molecular formula is C12H11N3OS. The molecule has 0 saturated heterocycles. The zero-order chi connectivity index (χ0) is 11.8. The first-order valence-electron chi connectivity index (χ1n) is 5.27. The Morgan fingerprint density at radius 1 is 1.47 bits per heavy atom. The lowest BCUT2D eigenvalue weighted by Gasteiger charge is -2.09. The van der Waals surface area contributed by atoms with Crippen molar-refractivity contribution >= 4 is 22.9 Å². The number of methoxy groups -OCH3 is 1. The minimum Gasteiger partial charge on any atom is -0.497 e. The number of rotatable bonds is 1. The molecule has 0 aliphatic carbocycles. The van der Waals surface area contributed by atoms with Crippen LogP contribution in [-0.2, 0) is 6.54 Å². The Bertz CT molecular complexity index is 591. The molecule has 4 nitrogen and oxygen atoms in total. The molecule has 0 saturated carbocycles. The lowest BCUT2D eigenvalue weighted by atomic mass is 10.1. The number of anilines is 1. The van der Waals surface area contributed by atoms with Gasteiger partial charge in [-0.15, -0.1) is 0 Å². The molecule has 1 aliphatic heterocycles. The third-order valence-corrected chi connectivity index (χ3v) is 3.10. The van der Waals surface area contributed by atoms with Crippen LogP contribution in [0.5, 0.6) is 5.75 Å². The van der Waals surface area contributed by atoms with Crippen LogP contribution in [0.3, 0.4) is 0 Å². The quantitative estimate of drug-likeness (QED) is 0.780. The van der Waals surface area contributed by atoms with E-state index in [1.807, 2.05) is 29.0 Å². The summed E-state index contributed by atoms with van der Waals surface area (Å²) >= 11 is 5.31. The summed E-state index contributed by atoms with van der Waals surface area (Å²) < 4.78 is 7.26. The smallest absolute Gasteiger partial charge is 0.168 e. The molecule has 3 rings (SSSR count). The van der Waals surface area contributed by atoms with Crippen molar-refractivity contribution in [3.63, 3.8) is 0 Å². The van der Waals surface area contributed by atoms with Crippen LogP contribution < -0.4 is 10.1 Å². The van der Waals surface area contributed by atoms with Gasteiger partial charge in [-0.3, -0.25) is 0 Å². The van der Waals surface area contributed by atoms with Gasteiger partial charge in [0.05, 0.1) is 13.7 Å². The largest absolute Gasteiger partial charge is 0.497 e. The first kappa shape index (κ1) is 10.3. The maximum absolute atomic E-state index is 5.31. The number of ether oxygens (including phenoxy) is 1. The van der Waals surface area contributed by atoms with Crippen LogP contribution in [-0.4, -0.2) is 21.6 Å². The lowest BCUT2D eigenvalue weighted by molar-refractivity contribution is 0.414. The summed E-state index contributed by atoms with van der Waals surface area (Å²) in [6.45, 7) is 0.745. The fourth-order valence-electron chi connectivity index (χ4n) is 1.96. The maximum Gasteiger partial charge on any atom is 0.168 e. The van der Waals surface area contributed by atoms with Gasteiger partial charge in [0, 0.05) is 18.1 Å². The highest BCUT2D eigenvalue weighted by Crippen LogP contribution is 2.26. The predicted octanol–water partition coefficient (Wildman–Crippen LogP) is 2.04. The number of hydrogen-bond acceptors (Lipinski definition) is 3. The lowest BCUT2D eigenvalue weighted by Crippen LogP contribution is -2.13. The van der Waals surface area contributed by atoms with Gasteiger partial charge < -0.3 is 14.6 Å². The van der Waals surface area contributed by atoms with Crippen LogP contribution >= 0.6 is 12.2 Å². The molecule has 0 bridgehead atoms. The van der Waals surface area contributed by atoms with Crippen molar-refractivity contribution in [3.8, 4) is 5.75 Å². The van der Waals surface area contributed by atoms with Gasteiger partial charge in [-0.2, -0.15) is 0 Å². The molecule has 0 spiro atoms. The van der Waals surface area contributed by atoms with E-state index in [1.165, 1.54) is 0 Å². The Kier molecular flexibility index (Phi) is 2.33. The minimum absolute atomic E-state index is 0.652. The number of aromatic nitrogens is 2. The SMILES string of the molecule is COc1ccc2c(c1)Cn1ccnc1C(=S)N2. The molecule has 0 unspecified atom stereocenters. The molecule has 0 atom stereocenters. The number of nitrogens with one attached hydrogen (secondary N) is 1. The molecule has 1 N–H and O–H groups in total. The van der Waals surface area contributed by atoms with E-state index in [9.17, 15) is 0 Å². The fourth-order valence-corrected chi connectivity index (χ4v) is 2.24. The van der Waals surface area contributed by atoms with Crippen LogP contribution in [0.25, 0.3) is 0 Å². The maximum atomic E-state index is 5.31. The third-order valence-electron chi connectivity index (χ3n) is 2.82. The Hall–Kier alpha value is -1.88. The molecule has 1 aliphatic rings. The molecule has 0 fully saturated rings. The second-order valence-corrected chi connectivity index (χ2v) is 4.26. The summed E-state index contributed by atoms with van der Waals surface area (Å²) in [4.78, 5) is 4.90. The van der Waals surface area contributed by atoms with Gasteiger partial charge in [-0.05, 0) is 23.8 Å². The molecule has 0 radical (unpaired) electrons. The van der Waals surface area contributed by atoms with Crippen LogP contribution in [0.15, 0.2) is 30.6 Å². The summed E-state index contributed by atoms with van der Waals surface area (Å²) in [6, 6.07) is 5.91. The van der Waals surface area contributed by atoms with Gasteiger partial charge in [0.2, 0.25) is 0 Å². The van der Waals surface area contributed by atoms with Crippen molar-refractivity contribution in [1.82, 2.24) is 9.55 Å². The highest BCUT2D eigenvalue weighted by molar-refractivity contribution is 7.81. The van der Waals surface area contributed by atoms with Crippen molar-refractivity contribution in [2.75, 3.05) is 12.4 Å². The average molecular weight is 245 g/mol. The van der Waals surface area contributed by atoms with Crippen molar-refractivity contribution in [2.45, 2.75) is 6.54 Å². The van der Waals surface area contributed by atoms with Crippen LogP contribution in [0, 0.1) is 0 Å². The monoisotopic (exact) mass is 245 g/mol. The average Bonchev–Trinajstić information content (AvgIpc) is 2.75. The number of thiocarbonyl (C=S) groups is 1. The highest BCUT2D eigenvalue weighted by atomic mass is 32.1. The topological polar surface area (TPSA) is 39.1 Å². The van der Waals surface area contributed by atoms with Crippen molar-refractivity contribution in [1.29, 1.82) is 0 Å². The Morgan fingerprint density at radius 2 is 2.35 bits per heavy atom. The predicted molar refractivity (Wildman–Crippen MR) is 69.6 cm³/mol. The Balaban J connectivity index is 2.12. The minimum atomic E-state index is 0.652. The second kappa shape index (κ2) is 3.85. The summed E-state index contributed by atoms with van der Waals surface area (Å²) in [5.74, 6) is 1.65. The molecule has 17 heavy (non-hydrogen) atoms. The van der Waals surface area contributed by atoms with E-state index in [-0.39, 0.29) is 0 Å². The standard InChI is InChI=1S/C12H11N3OS/c1-16-9-2-3-10-8(6-9)7-15-5-4-13-11(15)12(17)14-10/h2-6H,7H2,1H3,(H,14,17). The Morgan fingerprint density at radius 3 is 3.18 bits per heavy atom. The number of hydrogen-bond donors (Lipinski definition) is 1. The number of imidazole rings is 1. The third kappa shape index (κ3) is 1.68. The van der Waals surface area contributed by atoms with E-state index >= 15 is 0 Å². The molecule has 5 heteroatoms. The van der Waals surface area contributed by atoms with Gasteiger partial charge in [-0.1, -0.05) is 12.2 Å².